The molecular formula is C27H30ClN3O5S. The standard InChI is InChI=1S/C27H30ClN3O5S/c1-4-25(27(33)29-2)30(18-20-10-8-9-13-24(20)28)26(32)19-31(21-14-16-22(36-3)17-15-21)37(34,35)23-11-6-5-7-12-23/h5-17,25H,4,18-19H2,1-3H3,(H,29,33)/t25-/m0/s1. The summed E-state index contributed by atoms with van der Waals surface area (Å²) in [5.74, 6) is -0.367. The predicted molar refractivity (Wildman–Crippen MR) is 144 cm³/mol. The number of halogens is 1. The summed E-state index contributed by atoms with van der Waals surface area (Å²) in [6.07, 6.45) is 0.323. The maximum atomic E-state index is 13.8. The maximum absolute atomic E-state index is 13.8. The largest absolute Gasteiger partial charge is 0.497 e. The van der Waals surface area contributed by atoms with Crippen molar-refractivity contribution >= 4 is 39.1 Å². The molecule has 0 fully saturated rings. The summed E-state index contributed by atoms with van der Waals surface area (Å²) < 4.78 is 33.7. The van der Waals surface area contributed by atoms with Crippen LogP contribution in [-0.4, -0.2) is 51.9 Å². The van der Waals surface area contributed by atoms with E-state index in [-0.39, 0.29) is 23.0 Å². The van der Waals surface area contributed by atoms with Gasteiger partial charge < -0.3 is 15.0 Å². The minimum absolute atomic E-state index is 0.0340. The van der Waals surface area contributed by atoms with Crippen molar-refractivity contribution in [3.05, 3.63) is 89.4 Å². The minimum Gasteiger partial charge on any atom is -0.497 e. The summed E-state index contributed by atoms with van der Waals surface area (Å²) in [4.78, 5) is 28.0. The molecule has 2 amide bonds. The zero-order chi connectivity index (χ0) is 27.0. The molecule has 0 radical (unpaired) electrons. The van der Waals surface area contributed by atoms with Crippen molar-refractivity contribution in [2.75, 3.05) is 25.0 Å². The summed E-state index contributed by atoms with van der Waals surface area (Å²) in [6, 6.07) is 20.4. The van der Waals surface area contributed by atoms with Gasteiger partial charge in [0, 0.05) is 18.6 Å². The highest BCUT2D eigenvalue weighted by molar-refractivity contribution is 7.92. The minimum atomic E-state index is -4.12. The van der Waals surface area contributed by atoms with E-state index in [1.54, 1.807) is 73.7 Å². The van der Waals surface area contributed by atoms with Gasteiger partial charge in [-0.25, -0.2) is 8.42 Å². The van der Waals surface area contributed by atoms with Gasteiger partial charge in [-0.3, -0.25) is 13.9 Å². The Bertz CT molecular complexity index is 1320. The number of ether oxygens (including phenoxy) is 1. The van der Waals surface area contributed by atoms with Crippen LogP contribution in [0.1, 0.15) is 18.9 Å². The summed E-state index contributed by atoms with van der Waals surface area (Å²) in [6.45, 7) is 1.29. The van der Waals surface area contributed by atoms with Gasteiger partial charge in [0.25, 0.3) is 10.0 Å². The van der Waals surface area contributed by atoms with Gasteiger partial charge in [0.15, 0.2) is 0 Å². The number of hydrogen-bond donors (Lipinski definition) is 1. The number of likely N-dealkylation sites (N-methyl/N-ethyl adjacent to an activating group) is 1. The molecule has 0 bridgehead atoms. The van der Waals surface area contributed by atoms with Crippen LogP contribution in [0.5, 0.6) is 5.75 Å². The van der Waals surface area contributed by atoms with Gasteiger partial charge in [-0.2, -0.15) is 0 Å². The number of carbonyl (C=O) groups excluding carboxylic acids is 2. The average molecular weight is 544 g/mol. The van der Waals surface area contributed by atoms with Crippen LogP contribution >= 0.6 is 11.6 Å². The number of benzene rings is 3. The second-order valence-corrected chi connectivity index (χ2v) is 10.4. The monoisotopic (exact) mass is 543 g/mol. The third-order valence-corrected chi connectivity index (χ3v) is 8.06. The summed E-state index contributed by atoms with van der Waals surface area (Å²) in [5.41, 5.74) is 0.922. The molecule has 3 aromatic carbocycles. The summed E-state index contributed by atoms with van der Waals surface area (Å²) in [5, 5.41) is 3.03. The molecule has 0 aromatic heterocycles. The highest BCUT2D eigenvalue weighted by atomic mass is 35.5. The predicted octanol–water partition coefficient (Wildman–Crippen LogP) is 4.10. The summed E-state index contributed by atoms with van der Waals surface area (Å²) >= 11 is 6.36. The van der Waals surface area contributed by atoms with E-state index in [1.807, 2.05) is 0 Å². The topological polar surface area (TPSA) is 96.0 Å². The van der Waals surface area contributed by atoms with Gasteiger partial charge in [-0.05, 0) is 54.4 Å². The molecule has 196 valence electrons. The van der Waals surface area contributed by atoms with E-state index in [2.05, 4.69) is 5.32 Å². The first-order chi connectivity index (χ1) is 17.7. The molecule has 0 saturated carbocycles. The molecule has 0 spiro atoms. The lowest BCUT2D eigenvalue weighted by Gasteiger charge is -2.33. The molecule has 0 unspecified atom stereocenters. The Morgan fingerprint density at radius 1 is 0.973 bits per heavy atom. The lowest BCUT2D eigenvalue weighted by atomic mass is 10.1. The number of sulfonamides is 1. The van der Waals surface area contributed by atoms with Crippen molar-refractivity contribution in [3.63, 3.8) is 0 Å². The zero-order valence-corrected chi connectivity index (χ0v) is 22.5. The number of amides is 2. The van der Waals surface area contributed by atoms with Gasteiger partial charge in [0.05, 0.1) is 17.7 Å². The van der Waals surface area contributed by atoms with Crippen LogP contribution in [0.3, 0.4) is 0 Å². The third-order valence-electron chi connectivity index (χ3n) is 5.90. The van der Waals surface area contributed by atoms with E-state index < -0.39 is 28.5 Å². The molecule has 0 aliphatic heterocycles. The Kier molecular flexibility index (Phi) is 9.54. The van der Waals surface area contributed by atoms with Crippen molar-refractivity contribution < 1.29 is 22.7 Å². The second-order valence-electron chi connectivity index (χ2n) is 8.17. The van der Waals surface area contributed by atoms with Crippen molar-refractivity contribution in [2.45, 2.75) is 30.8 Å². The number of nitrogens with one attached hydrogen (secondary N) is 1. The van der Waals surface area contributed by atoms with Crippen LogP contribution in [0.2, 0.25) is 5.02 Å². The maximum Gasteiger partial charge on any atom is 0.264 e. The number of anilines is 1. The molecule has 10 heteroatoms. The number of carbonyl (C=O) groups is 2. The van der Waals surface area contributed by atoms with Crippen LogP contribution in [0.4, 0.5) is 5.69 Å². The Labute approximate surface area is 222 Å². The first kappa shape index (κ1) is 28.0. The van der Waals surface area contributed by atoms with Gasteiger partial charge in [0.1, 0.15) is 18.3 Å². The molecule has 3 aromatic rings. The third kappa shape index (κ3) is 6.61. The Morgan fingerprint density at radius 2 is 1.59 bits per heavy atom. The first-order valence-electron chi connectivity index (χ1n) is 11.7. The summed E-state index contributed by atoms with van der Waals surface area (Å²) in [7, 11) is -1.12. The van der Waals surface area contributed by atoms with Crippen molar-refractivity contribution in [3.8, 4) is 5.75 Å². The van der Waals surface area contributed by atoms with Gasteiger partial charge in [-0.15, -0.1) is 0 Å². The molecular weight excluding hydrogens is 514 g/mol. The zero-order valence-electron chi connectivity index (χ0n) is 20.9. The Hall–Kier alpha value is -3.56. The van der Waals surface area contributed by atoms with Crippen LogP contribution in [-0.2, 0) is 26.2 Å². The van der Waals surface area contributed by atoms with Crippen molar-refractivity contribution in [2.24, 2.45) is 0 Å². The van der Waals surface area contributed by atoms with E-state index in [0.29, 0.717) is 22.8 Å². The molecule has 3 rings (SSSR count). The Balaban J connectivity index is 2.06. The fourth-order valence-corrected chi connectivity index (χ4v) is 5.52. The van der Waals surface area contributed by atoms with E-state index in [4.69, 9.17) is 16.3 Å². The molecule has 1 N–H and O–H groups in total. The van der Waals surface area contributed by atoms with Crippen LogP contribution in [0, 0.1) is 0 Å². The quantitative estimate of drug-likeness (QED) is 0.393. The van der Waals surface area contributed by atoms with E-state index in [1.165, 1.54) is 31.2 Å². The molecule has 8 nitrogen and oxygen atoms in total. The van der Waals surface area contributed by atoms with Crippen LogP contribution in [0.15, 0.2) is 83.8 Å². The van der Waals surface area contributed by atoms with Gasteiger partial charge >= 0.3 is 0 Å². The normalized spacial score (nSPS) is 11.9. The number of methoxy groups -OCH3 is 1. The van der Waals surface area contributed by atoms with Gasteiger partial charge in [0.2, 0.25) is 11.8 Å². The van der Waals surface area contributed by atoms with E-state index >= 15 is 0 Å². The van der Waals surface area contributed by atoms with Gasteiger partial charge in [-0.1, -0.05) is 54.9 Å². The lowest BCUT2D eigenvalue weighted by molar-refractivity contribution is -0.140. The number of hydrogen-bond acceptors (Lipinski definition) is 5. The molecule has 0 aliphatic carbocycles. The fraction of sp³-hybridized carbons (Fsp3) is 0.259. The molecule has 0 aliphatic rings. The number of nitrogens with zero attached hydrogens (tertiary/aromatic N) is 2. The van der Waals surface area contributed by atoms with Crippen molar-refractivity contribution in [1.82, 2.24) is 10.2 Å². The molecule has 0 heterocycles. The fourth-order valence-electron chi connectivity index (χ4n) is 3.89. The molecule has 0 saturated heterocycles. The first-order valence-corrected chi connectivity index (χ1v) is 13.5. The second kappa shape index (κ2) is 12.6. The molecule has 37 heavy (non-hydrogen) atoms. The van der Waals surface area contributed by atoms with E-state index in [9.17, 15) is 18.0 Å². The lowest BCUT2D eigenvalue weighted by Crippen LogP contribution is -2.51. The SMILES string of the molecule is CC[C@@H](C(=O)NC)N(Cc1ccccc1Cl)C(=O)CN(c1ccc(OC)cc1)S(=O)(=O)c1ccccc1. The van der Waals surface area contributed by atoms with Crippen molar-refractivity contribution in [1.29, 1.82) is 0 Å². The van der Waals surface area contributed by atoms with Crippen LogP contribution < -0.4 is 14.4 Å². The average Bonchev–Trinajstić information content (AvgIpc) is 2.92. The number of rotatable bonds is 11. The highest BCUT2D eigenvalue weighted by Crippen LogP contribution is 2.27. The van der Waals surface area contributed by atoms with E-state index in [0.717, 1.165) is 4.31 Å². The smallest absolute Gasteiger partial charge is 0.264 e. The highest BCUT2D eigenvalue weighted by Gasteiger charge is 2.33. The molecule has 1 atom stereocenters. The van der Waals surface area contributed by atoms with Crippen LogP contribution in [0.25, 0.3) is 0 Å². The Morgan fingerprint density at radius 3 is 2.16 bits per heavy atom.